The maximum Gasteiger partial charge on any atom is 0.173 e. The van der Waals surface area contributed by atoms with E-state index in [1.807, 2.05) is 41.1 Å². The molecule has 32 heavy (non-hydrogen) atoms. The molecule has 0 N–H and O–H groups in total. The molecular formula is C23H29Cl2N6O-. The van der Waals surface area contributed by atoms with Gasteiger partial charge in [0, 0.05) is 31.2 Å². The van der Waals surface area contributed by atoms with Crippen molar-refractivity contribution in [3.63, 3.8) is 0 Å². The van der Waals surface area contributed by atoms with E-state index >= 15 is 0 Å². The molecule has 9 heteroatoms. The maximum atomic E-state index is 6.65. The molecular weight excluding hydrogens is 447 g/mol. The summed E-state index contributed by atoms with van der Waals surface area (Å²) < 4.78 is 7.48. The standard InChI is InChI=1S/C23H29ClN6O.ClH/c1-23(2,3)30-22(25-26-27-30)21(17-9-5-6-10-18(17)24)29-15-13-28(14-16-29)19-11-7-8-12-20(19)31-4;/h5-12,21H,13-16H2,1-4H3;1H/p-1. The Morgan fingerprint density at radius 2 is 1.62 bits per heavy atom. The minimum absolute atomic E-state index is 0. The minimum atomic E-state index is -0.239. The topological polar surface area (TPSA) is 59.3 Å². The molecule has 4 rings (SSSR count). The second-order valence-corrected chi connectivity index (χ2v) is 9.15. The first-order chi connectivity index (χ1) is 14.9. The summed E-state index contributed by atoms with van der Waals surface area (Å²) >= 11 is 6.65. The molecule has 1 atom stereocenters. The smallest absolute Gasteiger partial charge is 0.173 e. The van der Waals surface area contributed by atoms with Gasteiger partial charge in [-0.05, 0) is 55.0 Å². The first-order valence-electron chi connectivity index (χ1n) is 10.6. The highest BCUT2D eigenvalue weighted by atomic mass is 35.5. The van der Waals surface area contributed by atoms with Gasteiger partial charge >= 0.3 is 0 Å². The van der Waals surface area contributed by atoms with Gasteiger partial charge < -0.3 is 22.0 Å². The van der Waals surface area contributed by atoms with Gasteiger partial charge in [0.1, 0.15) is 5.75 Å². The van der Waals surface area contributed by atoms with Crippen LogP contribution in [-0.4, -0.2) is 58.4 Å². The molecule has 1 aliphatic heterocycles. The molecule has 1 saturated heterocycles. The Balaban J connectivity index is 0.00000289. The number of halogens is 2. The fraction of sp³-hybridized carbons (Fsp3) is 0.435. The molecule has 0 bridgehead atoms. The lowest BCUT2D eigenvalue weighted by atomic mass is 10.0. The van der Waals surface area contributed by atoms with Gasteiger partial charge in [0.25, 0.3) is 0 Å². The first-order valence-corrected chi connectivity index (χ1v) is 10.9. The van der Waals surface area contributed by atoms with Gasteiger partial charge in [0.15, 0.2) is 5.82 Å². The molecule has 3 aromatic rings. The van der Waals surface area contributed by atoms with Crippen LogP contribution in [0.5, 0.6) is 5.75 Å². The second-order valence-electron chi connectivity index (χ2n) is 8.74. The highest BCUT2D eigenvalue weighted by Crippen LogP contribution is 2.35. The van der Waals surface area contributed by atoms with Gasteiger partial charge in [-0.3, -0.25) is 4.90 Å². The fourth-order valence-electron chi connectivity index (χ4n) is 4.15. The summed E-state index contributed by atoms with van der Waals surface area (Å²) in [6.07, 6.45) is 0. The number of benzene rings is 2. The molecule has 1 unspecified atom stereocenters. The number of tetrazole rings is 1. The molecule has 0 amide bonds. The quantitative estimate of drug-likeness (QED) is 0.548. The Morgan fingerprint density at radius 3 is 2.28 bits per heavy atom. The average Bonchev–Trinajstić information content (AvgIpc) is 3.26. The number of para-hydroxylation sites is 2. The number of aromatic nitrogens is 4. The number of hydrogen-bond donors (Lipinski definition) is 0. The number of nitrogens with zero attached hydrogens (tertiary/aromatic N) is 6. The fourth-order valence-corrected chi connectivity index (χ4v) is 4.39. The van der Waals surface area contributed by atoms with Gasteiger partial charge in [0.05, 0.1) is 24.4 Å². The number of hydrogen-bond acceptors (Lipinski definition) is 6. The molecule has 1 aromatic heterocycles. The Morgan fingerprint density at radius 1 is 0.969 bits per heavy atom. The van der Waals surface area contributed by atoms with E-state index in [-0.39, 0.29) is 24.0 Å². The molecule has 7 nitrogen and oxygen atoms in total. The molecule has 2 aromatic carbocycles. The van der Waals surface area contributed by atoms with Crippen LogP contribution in [-0.2, 0) is 5.54 Å². The van der Waals surface area contributed by atoms with Crippen LogP contribution in [0.3, 0.4) is 0 Å². The third-order valence-electron chi connectivity index (χ3n) is 5.68. The van der Waals surface area contributed by atoms with Crippen molar-refractivity contribution < 1.29 is 17.1 Å². The summed E-state index contributed by atoms with van der Waals surface area (Å²) in [4.78, 5) is 4.78. The predicted molar refractivity (Wildman–Crippen MR) is 123 cm³/mol. The van der Waals surface area contributed by atoms with E-state index in [9.17, 15) is 0 Å². The van der Waals surface area contributed by atoms with E-state index in [1.54, 1.807) is 7.11 Å². The molecule has 0 spiro atoms. The Bertz CT molecular complexity index is 1030. The van der Waals surface area contributed by atoms with E-state index in [2.05, 4.69) is 58.2 Å². The molecule has 0 radical (unpaired) electrons. The van der Waals surface area contributed by atoms with Crippen LogP contribution in [0.2, 0.25) is 5.02 Å². The third-order valence-corrected chi connectivity index (χ3v) is 6.02. The summed E-state index contributed by atoms with van der Waals surface area (Å²) in [7, 11) is 1.72. The Hall–Kier alpha value is -2.35. The van der Waals surface area contributed by atoms with Gasteiger partial charge in [-0.1, -0.05) is 41.9 Å². The SMILES string of the molecule is COc1ccccc1N1CCN(C(c2ccccc2Cl)c2nnnn2C(C)(C)C)CC1.[Cl-]. The van der Waals surface area contributed by atoms with Crippen molar-refractivity contribution in [3.05, 3.63) is 64.9 Å². The van der Waals surface area contributed by atoms with Crippen LogP contribution in [0.1, 0.15) is 38.2 Å². The molecule has 2 heterocycles. The molecule has 0 aliphatic carbocycles. The third kappa shape index (κ3) is 4.85. The molecule has 172 valence electrons. The molecule has 0 saturated carbocycles. The highest BCUT2D eigenvalue weighted by molar-refractivity contribution is 6.31. The lowest BCUT2D eigenvalue weighted by molar-refractivity contribution is -0.00000736. The van der Waals surface area contributed by atoms with Crippen molar-refractivity contribution in [1.29, 1.82) is 0 Å². The van der Waals surface area contributed by atoms with Gasteiger partial charge in [-0.15, -0.1) is 5.10 Å². The summed E-state index contributed by atoms with van der Waals surface area (Å²) in [6, 6.07) is 16.0. The van der Waals surface area contributed by atoms with Crippen molar-refractivity contribution in [2.24, 2.45) is 0 Å². The first kappa shape index (κ1) is 24.3. The predicted octanol–water partition coefficient (Wildman–Crippen LogP) is 1.01. The van der Waals surface area contributed by atoms with Crippen molar-refractivity contribution in [1.82, 2.24) is 25.1 Å². The van der Waals surface area contributed by atoms with Gasteiger partial charge in [-0.2, -0.15) is 0 Å². The summed E-state index contributed by atoms with van der Waals surface area (Å²) in [6.45, 7) is 9.77. The van der Waals surface area contributed by atoms with E-state index in [0.717, 1.165) is 54.0 Å². The molecule has 1 fully saturated rings. The zero-order valence-corrected chi connectivity index (χ0v) is 20.4. The van der Waals surface area contributed by atoms with E-state index in [1.165, 1.54) is 0 Å². The Kier molecular flexibility index (Phi) is 7.64. The number of anilines is 1. The van der Waals surface area contributed by atoms with Crippen LogP contribution in [0, 0.1) is 0 Å². The largest absolute Gasteiger partial charge is 1.00 e. The number of ether oxygens (including phenoxy) is 1. The van der Waals surface area contributed by atoms with Gasteiger partial charge in [-0.25, -0.2) is 4.68 Å². The number of methoxy groups -OCH3 is 1. The zero-order chi connectivity index (χ0) is 22.0. The minimum Gasteiger partial charge on any atom is -1.00 e. The van der Waals surface area contributed by atoms with Crippen LogP contribution < -0.4 is 22.0 Å². The van der Waals surface area contributed by atoms with Gasteiger partial charge in [0.2, 0.25) is 0 Å². The lowest BCUT2D eigenvalue weighted by Crippen LogP contribution is -3.00. The average molecular weight is 476 g/mol. The Labute approximate surface area is 200 Å². The van der Waals surface area contributed by atoms with Crippen molar-refractivity contribution in [2.45, 2.75) is 32.4 Å². The monoisotopic (exact) mass is 475 g/mol. The van der Waals surface area contributed by atoms with Crippen LogP contribution in [0.4, 0.5) is 5.69 Å². The van der Waals surface area contributed by atoms with Crippen LogP contribution >= 0.6 is 11.6 Å². The van der Waals surface area contributed by atoms with E-state index < -0.39 is 0 Å². The number of rotatable bonds is 5. The summed E-state index contributed by atoms with van der Waals surface area (Å²) in [5, 5.41) is 13.5. The van der Waals surface area contributed by atoms with Crippen molar-refractivity contribution in [2.75, 3.05) is 38.2 Å². The van der Waals surface area contributed by atoms with Crippen LogP contribution in [0.15, 0.2) is 48.5 Å². The van der Waals surface area contributed by atoms with Crippen molar-refractivity contribution in [3.8, 4) is 5.75 Å². The number of piperazine rings is 1. The maximum absolute atomic E-state index is 6.65. The second kappa shape index (κ2) is 10.1. The normalized spacial score (nSPS) is 15.8. The summed E-state index contributed by atoms with van der Waals surface area (Å²) in [5.74, 6) is 1.71. The lowest BCUT2D eigenvalue weighted by Gasteiger charge is -2.40. The zero-order valence-electron chi connectivity index (χ0n) is 18.9. The summed E-state index contributed by atoms with van der Waals surface area (Å²) in [5.41, 5.74) is 1.91. The van der Waals surface area contributed by atoms with E-state index in [0.29, 0.717) is 0 Å². The highest BCUT2D eigenvalue weighted by Gasteiger charge is 2.34. The molecule has 1 aliphatic rings. The van der Waals surface area contributed by atoms with E-state index in [4.69, 9.17) is 16.3 Å². The van der Waals surface area contributed by atoms with Crippen molar-refractivity contribution >= 4 is 17.3 Å². The van der Waals surface area contributed by atoms with Crippen LogP contribution in [0.25, 0.3) is 0 Å².